The lowest BCUT2D eigenvalue weighted by Crippen LogP contribution is -2.46. The highest BCUT2D eigenvalue weighted by atomic mass is 16.5. The van der Waals surface area contributed by atoms with Crippen LogP contribution in [0.1, 0.15) is 27.7 Å². The van der Waals surface area contributed by atoms with Crippen molar-refractivity contribution in [3.8, 4) is 12.3 Å². The Balaban J connectivity index is 4.52. The quantitative estimate of drug-likeness (QED) is 0.394. The van der Waals surface area contributed by atoms with E-state index in [0.29, 0.717) is 0 Å². The van der Waals surface area contributed by atoms with Gasteiger partial charge in [-0.15, -0.1) is 6.42 Å². The summed E-state index contributed by atoms with van der Waals surface area (Å²) in [7, 11) is 0. The van der Waals surface area contributed by atoms with Crippen molar-refractivity contribution in [3.05, 3.63) is 0 Å². The van der Waals surface area contributed by atoms with Crippen molar-refractivity contribution in [2.75, 3.05) is 6.61 Å². The second-order valence-corrected chi connectivity index (χ2v) is 3.68. The van der Waals surface area contributed by atoms with E-state index in [1.807, 2.05) is 27.7 Å². The molecule has 0 N–H and O–H groups in total. The molecule has 15 heavy (non-hydrogen) atoms. The van der Waals surface area contributed by atoms with Crippen LogP contribution in [0.3, 0.4) is 0 Å². The molecule has 0 atom stereocenters. The Labute approximate surface area is 90.6 Å². The predicted octanol–water partition coefficient (Wildman–Crippen LogP) is 0.808. The molecular formula is C11H17NO3. The van der Waals surface area contributed by atoms with Gasteiger partial charge >= 0.3 is 11.9 Å². The van der Waals surface area contributed by atoms with Crippen molar-refractivity contribution in [3.63, 3.8) is 0 Å². The number of hydrogen-bond donors (Lipinski definition) is 0. The maximum absolute atomic E-state index is 11.6. The number of carbonyl (C=O) groups excluding carboxylic acids is 2. The number of terminal acetylenes is 1. The third-order valence-electron chi connectivity index (χ3n) is 1.81. The standard InChI is InChI=1S/C11H17NO3/c1-6-7-15-11(14)10(13)12(8(2)3)9(4)5/h1,8-9H,7H2,2-5H3. The molecule has 4 heteroatoms. The van der Waals surface area contributed by atoms with Crippen molar-refractivity contribution in [2.24, 2.45) is 0 Å². The average molecular weight is 211 g/mol. The van der Waals surface area contributed by atoms with E-state index in [1.165, 1.54) is 4.90 Å². The van der Waals surface area contributed by atoms with Crippen molar-refractivity contribution >= 4 is 11.9 Å². The van der Waals surface area contributed by atoms with Crippen LogP contribution >= 0.6 is 0 Å². The molecule has 84 valence electrons. The number of hydrogen-bond acceptors (Lipinski definition) is 3. The number of rotatable bonds is 3. The van der Waals surface area contributed by atoms with Gasteiger partial charge in [-0.05, 0) is 27.7 Å². The fourth-order valence-electron chi connectivity index (χ4n) is 1.34. The third-order valence-corrected chi connectivity index (χ3v) is 1.81. The van der Waals surface area contributed by atoms with Gasteiger partial charge in [0, 0.05) is 12.1 Å². The Hall–Kier alpha value is -1.50. The molecule has 0 aliphatic heterocycles. The molecule has 0 aromatic heterocycles. The minimum atomic E-state index is -0.893. The zero-order valence-electron chi connectivity index (χ0n) is 9.61. The Kier molecular flexibility index (Phi) is 5.46. The zero-order chi connectivity index (χ0) is 12.0. The van der Waals surface area contributed by atoms with Crippen LogP contribution in [0, 0.1) is 12.3 Å². The first-order chi connectivity index (χ1) is 6.91. The summed E-state index contributed by atoms with van der Waals surface area (Å²) in [5, 5.41) is 0. The minimum absolute atomic E-state index is 0.0455. The van der Waals surface area contributed by atoms with Crippen LogP contribution in [-0.2, 0) is 14.3 Å². The third kappa shape index (κ3) is 4.03. The van der Waals surface area contributed by atoms with Gasteiger partial charge in [0.15, 0.2) is 6.61 Å². The highest BCUT2D eigenvalue weighted by Gasteiger charge is 2.27. The topological polar surface area (TPSA) is 46.6 Å². The van der Waals surface area contributed by atoms with Crippen LogP contribution in [-0.4, -0.2) is 35.5 Å². The van der Waals surface area contributed by atoms with Crippen molar-refractivity contribution < 1.29 is 14.3 Å². The number of nitrogens with zero attached hydrogens (tertiary/aromatic N) is 1. The fourth-order valence-corrected chi connectivity index (χ4v) is 1.34. The number of carbonyl (C=O) groups is 2. The van der Waals surface area contributed by atoms with Crippen LogP contribution in [0.15, 0.2) is 0 Å². The smallest absolute Gasteiger partial charge is 0.398 e. The molecule has 0 heterocycles. The van der Waals surface area contributed by atoms with E-state index in [9.17, 15) is 9.59 Å². The Morgan fingerprint density at radius 2 is 1.73 bits per heavy atom. The first kappa shape index (κ1) is 13.5. The molecule has 0 radical (unpaired) electrons. The molecule has 0 aromatic rings. The monoisotopic (exact) mass is 211 g/mol. The van der Waals surface area contributed by atoms with E-state index in [0.717, 1.165) is 0 Å². The van der Waals surface area contributed by atoms with Crippen LogP contribution in [0.4, 0.5) is 0 Å². The van der Waals surface area contributed by atoms with E-state index in [4.69, 9.17) is 6.42 Å². The van der Waals surface area contributed by atoms with E-state index in [-0.39, 0.29) is 18.7 Å². The molecule has 0 aliphatic rings. The molecule has 0 bridgehead atoms. The summed E-state index contributed by atoms with van der Waals surface area (Å²) in [6.07, 6.45) is 4.92. The lowest BCUT2D eigenvalue weighted by Gasteiger charge is -2.29. The van der Waals surface area contributed by atoms with Crippen LogP contribution < -0.4 is 0 Å². The summed E-state index contributed by atoms with van der Waals surface area (Å²) >= 11 is 0. The molecule has 0 saturated carbocycles. The average Bonchev–Trinajstić information content (AvgIpc) is 2.12. The summed E-state index contributed by atoms with van der Waals surface area (Å²) < 4.78 is 4.57. The Morgan fingerprint density at radius 1 is 1.27 bits per heavy atom. The Bertz CT molecular complexity index is 268. The minimum Gasteiger partial charge on any atom is -0.445 e. The van der Waals surface area contributed by atoms with E-state index >= 15 is 0 Å². The largest absolute Gasteiger partial charge is 0.445 e. The molecule has 0 rings (SSSR count). The second-order valence-electron chi connectivity index (χ2n) is 3.68. The predicted molar refractivity (Wildman–Crippen MR) is 56.9 cm³/mol. The van der Waals surface area contributed by atoms with Gasteiger partial charge in [-0.2, -0.15) is 0 Å². The highest BCUT2D eigenvalue weighted by molar-refractivity contribution is 6.32. The van der Waals surface area contributed by atoms with Crippen LogP contribution in [0.5, 0.6) is 0 Å². The molecule has 0 unspecified atom stereocenters. The highest BCUT2D eigenvalue weighted by Crippen LogP contribution is 2.06. The fraction of sp³-hybridized carbons (Fsp3) is 0.636. The van der Waals surface area contributed by atoms with Crippen molar-refractivity contribution in [1.29, 1.82) is 0 Å². The molecule has 1 amide bonds. The molecule has 0 spiro atoms. The molecular weight excluding hydrogens is 194 g/mol. The zero-order valence-corrected chi connectivity index (χ0v) is 9.61. The number of ether oxygens (including phenoxy) is 1. The second kappa shape index (κ2) is 6.07. The van der Waals surface area contributed by atoms with Crippen molar-refractivity contribution in [1.82, 2.24) is 4.90 Å². The van der Waals surface area contributed by atoms with Gasteiger partial charge < -0.3 is 9.64 Å². The van der Waals surface area contributed by atoms with Crippen molar-refractivity contribution in [2.45, 2.75) is 39.8 Å². The van der Waals surface area contributed by atoms with E-state index in [1.54, 1.807) is 0 Å². The normalized spacial score (nSPS) is 9.93. The summed E-state index contributed by atoms with van der Waals surface area (Å²) in [6.45, 7) is 7.19. The summed E-state index contributed by atoms with van der Waals surface area (Å²) in [4.78, 5) is 24.3. The SMILES string of the molecule is C#CCOC(=O)C(=O)N(C(C)C)C(C)C. The summed E-state index contributed by atoms with van der Waals surface area (Å²) in [5.41, 5.74) is 0. The van der Waals surface area contributed by atoms with Crippen LogP contribution in [0.25, 0.3) is 0 Å². The molecule has 0 aromatic carbocycles. The molecule has 0 aliphatic carbocycles. The van der Waals surface area contributed by atoms with E-state index < -0.39 is 11.9 Å². The van der Waals surface area contributed by atoms with Crippen LogP contribution in [0.2, 0.25) is 0 Å². The van der Waals surface area contributed by atoms with E-state index in [2.05, 4.69) is 10.7 Å². The number of amides is 1. The van der Waals surface area contributed by atoms with Gasteiger partial charge in [0.05, 0.1) is 0 Å². The van der Waals surface area contributed by atoms with Gasteiger partial charge in [-0.25, -0.2) is 4.79 Å². The summed E-state index contributed by atoms with van der Waals surface area (Å²) in [6, 6.07) is -0.0910. The van der Waals surface area contributed by atoms with Gasteiger partial charge in [0.1, 0.15) is 0 Å². The van der Waals surface area contributed by atoms with Gasteiger partial charge in [0.25, 0.3) is 0 Å². The summed E-state index contributed by atoms with van der Waals surface area (Å²) in [5.74, 6) is 0.601. The van der Waals surface area contributed by atoms with Gasteiger partial charge in [0.2, 0.25) is 0 Å². The number of esters is 1. The first-order valence-electron chi connectivity index (χ1n) is 4.84. The first-order valence-corrected chi connectivity index (χ1v) is 4.84. The molecule has 0 fully saturated rings. The van der Waals surface area contributed by atoms with Gasteiger partial charge in [-0.1, -0.05) is 5.92 Å². The lowest BCUT2D eigenvalue weighted by atomic mass is 10.2. The van der Waals surface area contributed by atoms with Gasteiger partial charge in [-0.3, -0.25) is 4.79 Å². The maximum atomic E-state index is 11.6. The molecule has 0 saturated heterocycles. The lowest BCUT2D eigenvalue weighted by molar-refractivity contribution is -0.161. The maximum Gasteiger partial charge on any atom is 0.398 e. The Morgan fingerprint density at radius 3 is 2.07 bits per heavy atom. The molecule has 4 nitrogen and oxygen atoms in total.